The molecule has 0 spiro atoms. The molecule has 0 aromatic heterocycles. The van der Waals surface area contributed by atoms with E-state index in [1.54, 1.807) is 0 Å². The third kappa shape index (κ3) is 5.66. The molecule has 1 rings (SSSR count). The topological polar surface area (TPSA) is 73.5 Å². The Balaban J connectivity index is 0.00000289. The van der Waals surface area contributed by atoms with E-state index < -0.39 is 6.03 Å². The second-order valence-corrected chi connectivity index (χ2v) is 4.24. The lowest BCUT2D eigenvalue weighted by atomic mass is 10.2. The number of imide groups is 1. The number of rotatable bonds is 5. The second kappa shape index (κ2) is 9.13. The fourth-order valence-electron chi connectivity index (χ4n) is 2.04. The number of hydrogen-bond acceptors (Lipinski definition) is 4. The molecule has 1 saturated heterocycles. The minimum absolute atomic E-state index is 0. The number of carbonyl (C=O) groups is 2. The number of amides is 3. The van der Waals surface area contributed by atoms with Gasteiger partial charge in [-0.2, -0.15) is 0 Å². The van der Waals surface area contributed by atoms with Crippen LogP contribution in [-0.4, -0.2) is 56.1 Å². The van der Waals surface area contributed by atoms with E-state index in [0.29, 0.717) is 6.04 Å². The maximum Gasteiger partial charge on any atom is 0.321 e. The molecule has 1 aliphatic rings. The first-order chi connectivity index (χ1) is 8.17. The Labute approximate surface area is 114 Å². The van der Waals surface area contributed by atoms with E-state index in [0.717, 1.165) is 32.5 Å². The summed E-state index contributed by atoms with van der Waals surface area (Å²) in [5, 5.41) is 7.94. The number of halogens is 1. The first kappa shape index (κ1) is 17.2. The van der Waals surface area contributed by atoms with Crippen molar-refractivity contribution in [3.05, 3.63) is 0 Å². The Kier molecular flexibility index (Phi) is 8.70. The molecule has 1 fully saturated rings. The summed E-state index contributed by atoms with van der Waals surface area (Å²) in [6.07, 6.45) is 2.07. The summed E-state index contributed by atoms with van der Waals surface area (Å²) >= 11 is 0. The van der Waals surface area contributed by atoms with Crippen LogP contribution in [0.25, 0.3) is 0 Å². The Hall–Kier alpha value is -0.850. The number of carbonyl (C=O) groups excluding carboxylic acids is 2. The summed E-state index contributed by atoms with van der Waals surface area (Å²) in [5.41, 5.74) is 0. The number of nitrogens with one attached hydrogen (secondary N) is 3. The van der Waals surface area contributed by atoms with Crippen LogP contribution in [0.5, 0.6) is 0 Å². The molecule has 0 radical (unpaired) electrons. The van der Waals surface area contributed by atoms with Crippen molar-refractivity contribution in [1.82, 2.24) is 20.9 Å². The van der Waals surface area contributed by atoms with Crippen LogP contribution in [0.1, 0.15) is 19.8 Å². The summed E-state index contributed by atoms with van der Waals surface area (Å²) in [6.45, 7) is 5.18. The molecule has 1 unspecified atom stereocenters. The van der Waals surface area contributed by atoms with E-state index in [9.17, 15) is 9.59 Å². The molecule has 3 N–H and O–H groups in total. The van der Waals surface area contributed by atoms with Crippen molar-refractivity contribution >= 4 is 24.3 Å². The quantitative estimate of drug-likeness (QED) is 0.659. The number of hydrogen-bond donors (Lipinski definition) is 3. The highest BCUT2D eigenvalue weighted by Crippen LogP contribution is 2.08. The maximum absolute atomic E-state index is 11.6. The first-order valence-electron chi connectivity index (χ1n) is 6.13. The largest absolute Gasteiger partial charge is 0.341 e. The normalized spacial score (nSPS) is 18.3. The van der Waals surface area contributed by atoms with E-state index in [1.165, 1.54) is 7.05 Å². The van der Waals surface area contributed by atoms with Crippen molar-refractivity contribution in [2.45, 2.75) is 25.8 Å². The molecule has 1 aliphatic heterocycles. The molecular formula is C11H23ClN4O2. The van der Waals surface area contributed by atoms with Crippen molar-refractivity contribution in [2.24, 2.45) is 0 Å². The molecule has 0 saturated carbocycles. The van der Waals surface area contributed by atoms with Gasteiger partial charge in [-0.3, -0.25) is 15.0 Å². The molecule has 1 atom stereocenters. The van der Waals surface area contributed by atoms with Gasteiger partial charge >= 0.3 is 6.03 Å². The lowest BCUT2D eigenvalue weighted by molar-refractivity contribution is -0.121. The molecule has 6 nitrogen and oxygen atoms in total. The summed E-state index contributed by atoms with van der Waals surface area (Å²) in [4.78, 5) is 24.8. The van der Waals surface area contributed by atoms with Crippen molar-refractivity contribution in [3.8, 4) is 0 Å². The van der Waals surface area contributed by atoms with Crippen LogP contribution in [0.3, 0.4) is 0 Å². The average molecular weight is 279 g/mol. The predicted molar refractivity (Wildman–Crippen MR) is 73.0 cm³/mol. The maximum atomic E-state index is 11.6. The monoisotopic (exact) mass is 278 g/mol. The molecule has 7 heteroatoms. The number of urea groups is 1. The fraction of sp³-hybridized carbons (Fsp3) is 0.818. The smallest absolute Gasteiger partial charge is 0.321 e. The zero-order valence-corrected chi connectivity index (χ0v) is 11.8. The van der Waals surface area contributed by atoms with E-state index in [-0.39, 0.29) is 24.9 Å². The average Bonchev–Trinajstić information content (AvgIpc) is 2.81. The van der Waals surface area contributed by atoms with Crippen LogP contribution in [0, 0.1) is 0 Å². The molecule has 0 aromatic rings. The van der Waals surface area contributed by atoms with E-state index >= 15 is 0 Å². The zero-order chi connectivity index (χ0) is 12.7. The molecule has 18 heavy (non-hydrogen) atoms. The summed E-state index contributed by atoms with van der Waals surface area (Å²) < 4.78 is 0. The highest BCUT2D eigenvalue weighted by molar-refractivity contribution is 5.95. The molecule has 106 valence electrons. The molecule has 1 heterocycles. The minimum Gasteiger partial charge on any atom is -0.341 e. The van der Waals surface area contributed by atoms with Crippen LogP contribution in [0.2, 0.25) is 0 Å². The summed E-state index contributed by atoms with van der Waals surface area (Å²) in [5.74, 6) is -0.246. The Morgan fingerprint density at radius 1 is 1.44 bits per heavy atom. The van der Waals surface area contributed by atoms with Gasteiger partial charge in [-0.1, -0.05) is 6.92 Å². The van der Waals surface area contributed by atoms with E-state index in [4.69, 9.17) is 0 Å². The SMILES string of the molecule is CCCN(CC(=O)NC(=O)NC)C1CCNC1.Cl. The third-order valence-electron chi connectivity index (χ3n) is 2.89. The van der Waals surface area contributed by atoms with Gasteiger partial charge in [0.25, 0.3) is 0 Å². The van der Waals surface area contributed by atoms with Gasteiger partial charge in [0, 0.05) is 19.6 Å². The zero-order valence-electron chi connectivity index (χ0n) is 11.0. The minimum atomic E-state index is -0.448. The van der Waals surface area contributed by atoms with E-state index in [1.807, 2.05) is 0 Å². The molecule has 0 aliphatic carbocycles. The first-order valence-corrected chi connectivity index (χ1v) is 6.13. The second-order valence-electron chi connectivity index (χ2n) is 4.24. The summed E-state index contributed by atoms with van der Waals surface area (Å²) in [6, 6.07) is -0.0404. The van der Waals surface area contributed by atoms with Crippen molar-refractivity contribution in [1.29, 1.82) is 0 Å². The fourth-order valence-corrected chi connectivity index (χ4v) is 2.04. The molecule has 0 aromatic carbocycles. The Morgan fingerprint density at radius 3 is 2.67 bits per heavy atom. The lowest BCUT2D eigenvalue weighted by Gasteiger charge is -2.26. The number of nitrogens with zero attached hydrogens (tertiary/aromatic N) is 1. The van der Waals surface area contributed by atoms with Crippen LogP contribution >= 0.6 is 12.4 Å². The Bertz CT molecular complexity index is 270. The highest BCUT2D eigenvalue weighted by atomic mass is 35.5. The standard InChI is InChI=1S/C11H22N4O2.ClH/c1-3-6-15(9-4-5-13-7-9)8-10(16)14-11(17)12-2;/h9,13H,3-8H2,1-2H3,(H2,12,14,16,17);1H. The molecule has 3 amide bonds. The molecule has 0 bridgehead atoms. The van der Waals surface area contributed by atoms with Gasteiger partial charge in [0.15, 0.2) is 0 Å². The Morgan fingerprint density at radius 2 is 2.17 bits per heavy atom. The van der Waals surface area contributed by atoms with Gasteiger partial charge < -0.3 is 10.6 Å². The highest BCUT2D eigenvalue weighted by Gasteiger charge is 2.23. The van der Waals surface area contributed by atoms with Crippen LogP contribution in [0.15, 0.2) is 0 Å². The van der Waals surface area contributed by atoms with Gasteiger partial charge in [-0.05, 0) is 25.9 Å². The van der Waals surface area contributed by atoms with Gasteiger partial charge in [-0.15, -0.1) is 12.4 Å². The molecular weight excluding hydrogens is 256 g/mol. The summed E-state index contributed by atoms with van der Waals surface area (Å²) in [7, 11) is 1.49. The van der Waals surface area contributed by atoms with Crippen LogP contribution in [0.4, 0.5) is 4.79 Å². The lowest BCUT2D eigenvalue weighted by Crippen LogP contribution is -2.47. The van der Waals surface area contributed by atoms with E-state index in [2.05, 4.69) is 27.8 Å². The van der Waals surface area contributed by atoms with Crippen molar-refractivity contribution in [2.75, 3.05) is 33.2 Å². The predicted octanol–water partition coefficient (Wildman–Crippen LogP) is -0.0623. The van der Waals surface area contributed by atoms with Crippen molar-refractivity contribution in [3.63, 3.8) is 0 Å². The third-order valence-corrected chi connectivity index (χ3v) is 2.89. The van der Waals surface area contributed by atoms with Gasteiger partial charge in [-0.25, -0.2) is 4.79 Å². The van der Waals surface area contributed by atoms with Gasteiger partial charge in [0.1, 0.15) is 0 Å². The van der Waals surface area contributed by atoms with Gasteiger partial charge in [0.2, 0.25) is 5.91 Å². The van der Waals surface area contributed by atoms with Crippen LogP contribution < -0.4 is 16.0 Å². The van der Waals surface area contributed by atoms with Gasteiger partial charge in [0.05, 0.1) is 6.54 Å². The van der Waals surface area contributed by atoms with Crippen molar-refractivity contribution < 1.29 is 9.59 Å². The van der Waals surface area contributed by atoms with Crippen LogP contribution in [-0.2, 0) is 4.79 Å².